The lowest BCUT2D eigenvalue weighted by molar-refractivity contribution is -0.123. The third-order valence-electron chi connectivity index (χ3n) is 2.83. The van der Waals surface area contributed by atoms with E-state index in [9.17, 15) is 4.79 Å². The molecule has 0 spiro atoms. The summed E-state index contributed by atoms with van der Waals surface area (Å²) in [6.07, 6.45) is 0. The van der Waals surface area contributed by atoms with Crippen LogP contribution in [0.15, 0.2) is 48.5 Å². The highest BCUT2D eigenvalue weighted by Gasteiger charge is 2.07. The van der Waals surface area contributed by atoms with E-state index < -0.39 is 0 Å². The Balaban J connectivity index is 2.01. The third kappa shape index (κ3) is 4.48. The van der Waals surface area contributed by atoms with Crippen molar-refractivity contribution in [1.29, 1.82) is 0 Å². The molecule has 1 amide bonds. The lowest BCUT2D eigenvalue weighted by Crippen LogP contribution is -2.31. The standard InChI is InChI=1S/C16H16ClNO3/c17-14-10-13(12-4-2-1-3-5-12)6-7-15(14)21-11-16(20)18-8-9-19/h1-7,10,19H,8-9,11H2,(H,18,20). The number of amides is 1. The van der Waals surface area contributed by atoms with E-state index in [1.54, 1.807) is 12.1 Å². The molecule has 0 fully saturated rings. The molecule has 2 aromatic carbocycles. The highest BCUT2D eigenvalue weighted by atomic mass is 35.5. The number of halogens is 1. The first-order valence-corrected chi connectivity index (χ1v) is 6.94. The zero-order valence-electron chi connectivity index (χ0n) is 11.4. The third-order valence-corrected chi connectivity index (χ3v) is 3.13. The van der Waals surface area contributed by atoms with Crippen molar-refractivity contribution < 1.29 is 14.6 Å². The van der Waals surface area contributed by atoms with Gasteiger partial charge in [-0.05, 0) is 23.3 Å². The smallest absolute Gasteiger partial charge is 0.258 e. The predicted molar refractivity (Wildman–Crippen MR) is 82.5 cm³/mol. The fourth-order valence-electron chi connectivity index (χ4n) is 1.82. The van der Waals surface area contributed by atoms with Crippen LogP contribution in [0.25, 0.3) is 11.1 Å². The molecule has 0 unspecified atom stereocenters. The maximum atomic E-state index is 11.4. The Labute approximate surface area is 128 Å². The van der Waals surface area contributed by atoms with Gasteiger partial charge in [0.15, 0.2) is 6.61 Å². The molecule has 0 saturated heterocycles. The SMILES string of the molecule is O=C(COc1ccc(-c2ccccc2)cc1Cl)NCCO. The van der Waals surface area contributed by atoms with Gasteiger partial charge in [0.1, 0.15) is 5.75 Å². The Bertz CT molecular complexity index is 602. The molecule has 2 aromatic rings. The minimum absolute atomic E-state index is 0.0989. The second-order valence-electron chi connectivity index (χ2n) is 4.37. The summed E-state index contributed by atoms with van der Waals surface area (Å²) in [6.45, 7) is -0.0223. The molecule has 0 atom stereocenters. The summed E-state index contributed by atoms with van der Waals surface area (Å²) in [4.78, 5) is 11.4. The molecule has 0 saturated carbocycles. The molecule has 0 heterocycles. The lowest BCUT2D eigenvalue weighted by Gasteiger charge is -2.10. The molecule has 0 aliphatic rings. The molecule has 0 aliphatic heterocycles. The Hall–Kier alpha value is -2.04. The number of aliphatic hydroxyl groups excluding tert-OH is 1. The maximum Gasteiger partial charge on any atom is 0.258 e. The summed E-state index contributed by atoms with van der Waals surface area (Å²) >= 11 is 6.17. The van der Waals surface area contributed by atoms with Gasteiger partial charge < -0.3 is 15.2 Å². The first-order chi connectivity index (χ1) is 10.2. The maximum absolute atomic E-state index is 11.4. The number of hydrogen-bond donors (Lipinski definition) is 2. The van der Waals surface area contributed by atoms with Crippen molar-refractivity contribution in [3.05, 3.63) is 53.6 Å². The molecule has 21 heavy (non-hydrogen) atoms. The minimum Gasteiger partial charge on any atom is -0.482 e. The molecule has 5 heteroatoms. The van der Waals surface area contributed by atoms with Crippen LogP contribution in [-0.4, -0.2) is 30.8 Å². The van der Waals surface area contributed by atoms with E-state index in [2.05, 4.69) is 5.32 Å². The Kier molecular flexibility index (Phi) is 5.60. The van der Waals surface area contributed by atoms with Crippen molar-refractivity contribution in [2.75, 3.05) is 19.8 Å². The Morgan fingerprint density at radius 1 is 1.14 bits per heavy atom. The van der Waals surface area contributed by atoms with E-state index in [0.29, 0.717) is 10.8 Å². The van der Waals surface area contributed by atoms with Gasteiger partial charge in [0, 0.05) is 6.54 Å². The average Bonchev–Trinajstić information content (AvgIpc) is 2.52. The topological polar surface area (TPSA) is 58.6 Å². The summed E-state index contributed by atoms with van der Waals surface area (Å²) < 4.78 is 5.36. The quantitative estimate of drug-likeness (QED) is 0.862. The summed E-state index contributed by atoms with van der Waals surface area (Å²) in [5.41, 5.74) is 2.05. The monoisotopic (exact) mass is 305 g/mol. The number of nitrogens with one attached hydrogen (secondary N) is 1. The second kappa shape index (κ2) is 7.67. The van der Waals surface area contributed by atoms with Gasteiger partial charge in [-0.1, -0.05) is 48.0 Å². The molecule has 4 nitrogen and oxygen atoms in total. The predicted octanol–water partition coefficient (Wildman–Crippen LogP) is 2.49. The zero-order chi connectivity index (χ0) is 15.1. The van der Waals surface area contributed by atoms with Gasteiger partial charge in [0.25, 0.3) is 5.91 Å². The van der Waals surface area contributed by atoms with Crippen LogP contribution in [0, 0.1) is 0 Å². The Morgan fingerprint density at radius 2 is 1.90 bits per heavy atom. The van der Waals surface area contributed by atoms with E-state index in [0.717, 1.165) is 11.1 Å². The molecular weight excluding hydrogens is 290 g/mol. The van der Waals surface area contributed by atoms with E-state index in [1.165, 1.54) is 0 Å². The van der Waals surface area contributed by atoms with E-state index in [4.69, 9.17) is 21.4 Å². The van der Waals surface area contributed by atoms with Crippen LogP contribution >= 0.6 is 11.6 Å². The molecule has 0 aliphatic carbocycles. The number of carbonyl (C=O) groups excluding carboxylic acids is 1. The molecule has 0 aromatic heterocycles. The Morgan fingerprint density at radius 3 is 2.57 bits per heavy atom. The van der Waals surface area contributed by atoms with Crippen molar-refractivity contribution in [3.8, 4) is 16.9 Å². The summed E-state index contributed by atoms with van der Waals surface area (Å²) in [7, 11) is 0. The van der Waals surface area contributed by atoms with Crippen LogP contribution < -0.4 is 10.1 Å². The fraction of sp³-hybridized carbons (Fsp3) is 0.188. The van der Waals surface area contributed by atoms with Gasteiger partial charge in [-0.25, -0.2) is 0 Å². The summed E-state index contributed by atoms with van der Waals surface area (Å²) in [5.74, 6) is 0.155. The zero-order valence-corrected chi connectivity index (χ0v) is 12.1. The van der Waals surface area contributed by atoms with Gasteiger partial charge in [0.2, 0.25) is 0 Å². The lowest BCUT2D eigenvalue weighted by atomic mass is 10.1. The molecule has 2 N–H and O–H groups in total. The van der Waals surface area contributed by atoms with E-state index in [1.807, 2.05) is 36.4 Å². The van der Waals surface area contributed by atoms with Crippen molar-refractivity contribution in [1.82, 2.24) is 5.32 Å². The van der Waals surface area contributed by atoms with Gasteiger partial charge in [-0.2, -0.15) is 0 Å². The van der Waals surface area contributed by atoms with Crippen molar-refractivity contribution in [2.45, 2.75) is 0 Å². The molecular formula is C16H16ClNO3. The van der Waals surface area contributed by atoms with Crippen molar-refractivity contribution >= 4 is 17.5 Å². The molecule has 0 radical (unpaired) electrons. The minimum atomic E-state index is -0.299. The largest absolute Gasteiger partial charge is 0.482 e. The number of rotatable bonds is 6. The highest BCUT2D eigenvalue weighted by Crippen LogP contribution is 2.30. The van der Waals surface area contributed by atoms with Gasteiger partial charge >= 0.3 is 0 Å². The fourth-order valence-corrected chi connectivity index (χ4v) is 2.05. The first-order valence-electron chi connectivity index (χ1n) is 6.56. The number of carbonyl (C=O) groups is 1. The summed E-state index contributed by atoms with van der Waals surface area (Å²) in [5, 5.41) is 11.6. The van der Waals surface area contributed by atoms with Crippen LogP contribution in [0.2, 0.25) is 5.02 Å². The second-order valence-corrected chi connectivity index (χ2v) is 4.78. The molecule has 110 valence electrons. The van der Waals surface area contributed by atoms with E-state index in [-0.39, 0.29) is 25.7 Å². The van der Waals surface area contributed by atoms with Crippen molar-refractivity contribution in [3.63, 3.8) is 0 Å². The average molecular weight is 306 g/mol. The summed E-state index contributed by atoms with van der Waals surface area (Å²) in [6, 6.07) is 15.3. The van der Waals surface area contributed by atoms with Crippen LogP contribution in [0.3, 0.4) is 0 Å². The van der Waals surface area contributed by atoms with Crippen LogP contribution in [0.1, 0.15) is 0 Å². The van der Waals surface area contributed by atoms with Gasteiger partial charge in [-0.3, -0.25) is 4.79 Å². The van der Waals surface area contributed by atoms with Crippen LogP contribution in [0.4, 0.5) is 0 Å². The van der Waals surface area contributed by atoms with Gasteiger partial charge in [-0.15, -0.1) is 0 Å². The highest BCUT2D eigenvalue weighted by molar-refractivity contribution is 6.32. The van der Waals surface area contributed by atoms with E-state index >= 15 is 0 Å². The first kappa shape index (κ1) is 15.4. The van der Waals surface area contributed by atoms with Gasteiger partial charge in [0.05, 0.1) is 11.6 Å². The number of benzene rings is 2. The number of ether oxygens (including phenoxy) is 1. The molecule has 2 rings (SSSR count). The number of hydrogen-bond acceptors (Lipinski definition) is 3. The van der Waals surface area contributed by atoms with Crippen LogP contribution in [-0.2, 0) is 4.79 Å². The van der Waals surface area contributed by atoms with Crippen LogP contribution in [0.5, 0.6) is 5.75 Å². The molecule has 0 bridgehead atoms. The normalized spacial score (nSPS) is 10.2. The number of aliphatic hydroxyl groups is 1. The van der Waals surface area contributed by atoms with Crippen molar-refractivity contribution in [2.24, 2.45) is 0 Å².